The minimum atomic E-state index is -4.40. The number of likely N-dealkylation sites (N-methyl/N-ethyl adjacent to an activating group) is 1. The lowest BCUT2D eigenvalue weighted by Gasteiger charge is -2.22. The van der Waals surface area contributed by atoms with Crippen LogP contribution in [0.2, 0.25) is 0 Å². The summed E-state index contributed by atoms with van der Waals surface area (Å²) in [7, 11) is 3.09. The maximum absolute atomic E-state index is 13.0. The van der Waals surface area contributed by atoms with Crippen molar-refractivity contribution in [3.05, 3.63) is 95.2 Å². The summed E-state index contributed by atoms with van der Waals surface area (Å²) < 4.78 is 44.3. The first kappa shape index (κ1) is 24.3. The number of hydrogen-bond donors (Lipinski definition) is 2. The van der Waals surface area contributed by atoms with Gasteiger partial charge in [0.1, 0.15) is 6.04 Å². The maximum Gasteiger partial charge on any atom is 0.416 e. The minimum Gasteiger partial charge on any atom is -0.481 e. The van der Waals surface area contributed by atoms with E-state index in [4.69, 9.17) is 4.74 Å². The molecule has 1 heterocycles. The number of ether oxygens (including phenoxy) is 1. The standard InChI is InChI=1S/C25H26F3N3O2/c1-29-24(32)23(18-6-4-3-5-7-18)31-15-13-21(19-12-14-30-22(16-19)33-2)17-8-10-20(11-9-17)25(26,27)28/h3-12,14,16,21,23,31H,13,15H2,1-2H3,(H,29,32)/t21-,23+/m0/s1. The molecule has 0 aliphatic heterocycles. The van der Waals surface area contributed by atoms with Gasteiger partial charge >= 0.3 is 6.18 Å². The van der Waals surface area contributed by atoms with Crippen molar-refractivity contribution in [1.29, 1.82) is 0 Å². The van der Waals surface area contributed by atoms with Crippen molar-refractivity contribution in [2.75, 3.05) is 20.7 Å². The van der Waals surface area contributed by atoms with Crippen LogP contribution in [-0.4, -0.2) is 31.6 Å². The lowest BCUT2D eigenvalue weighted by Crippen LogP contribution is -2.36. The normalized spacial score (nSPS) is 13.2. The quantitative estimate of drug-likeness (QED) is 0.489. The fraction of sp³-hybridized carbons (Fsp3) is 0.280. The number of amides is 1. The van der Waals surface area contributed by atoms with Crippen LogP contribution < -0.4 is 15.4 Å². The summed E-state index contributed by atoms with van der Waals surface area (Å²) >= 11 is 0. The predicted octanol–water partition coefficient (Wildman–Crippen LogP) is 4.71. The van der Waals surface area contributed by atoms with Crippen LogP contribution in [0, 0.1) is 0 Å². The Labute approximate surface area is 191 Å². The third kappa shape index (κ3) is 6.32. The Bertz CT molecular complexity index is 1040. The average Bonchev–Trinajstić information content (AvgIpc) is 2.84. The molecule has 2 atom stereocenters. The van der Waals surface area contributed by atoms with Crippen LogP contribution in [0.3, 0.4) is 0 Å². The van der Waals surface area contributed by atoms with Crippen LogP contribution >= 0.6 is 0 Å². The third-order valence-corrected chi connectivity index (χ3v) is 5.43. The monoisotopic (exact) mass is 457 g/mol. The van der Waals surface area contributed by atoms with Crippen molar-refractivity contribution in [3.8, 4) is 5.88 Å². The molecule has 0 unspecified atom stereocenters. The lowest BCUT2D eigenvalue weighted by atomic mass is 9.88. The number of carbonyl (C=O) groups excluding carboxylic acids is 1. The Morgan fingerprint density at radius 3 is 2.30 bits per heavy atom. The molecule has 0 bridgehead atoms. The van der Waals surface area contributed by atoms with Crippen LogP contribution in [0.25, 0.3) is 0 Å². The van der Waals surface area contributed by atoms with Crippen LogP contribution in [0.15, 0.2) is 72.9 Å². The number of hydrogen-bond acceptors (Lipinski definition) is 4. The van der Waals surface area contributed by atoms with Crippen molar-refractivity contribution in [2.24, 2.45) is 0 Å². The number of carbonyl (C=O) groups is 1. The Balaban J connectivity index is 1.84. The minimum absolute atomic E-state index is 0.169. The Morgan fingerprint density at radius 1 is 1.00 bits per heavy atom. The number of pyridine rings is 1. The topological polar surface area (TPSA) is 63.2 Å². The van der Waals surface area contributed by atoms with Crippen molar-refractivity contribution in [1.82, 2.24) is 15.6 Å². The molecule has 0 fully saturated rings. The van der Waals surface area contributed by atoms with E-state index in [9.17, 15) is 18.0 Å². The van der Waals surface area contributed by atoms with Gasteiger partial charge in [-0.15, -0.1) is 0 Å². The zero-order valence-electron chi connectivity index (χ0n) is 18.4. The number of aromatic nitrogens is 1. The number of nitrogens with one attached hydrogen (secondary N) is 2. The molecule has 3 rings (SSSR count). The maximum atomic E-state index is 13.0. The number of methoxy groups -OCH3 is 1. The van der Waals surface area contributed by atoms with Gasteiger partial charge in [0.05, 0.1) is 12.7 Å². The number of benzene rings is 2. The van der Waals surface area contributed by atoms with Crippen LogP contribution in [0.4, 0.5) is 13.2 Å². The van der Waals surface area contributed by atoms with E-state index in [1.54, 1.807) is 19.3 Å². The van der Waals surface area contributed by atoms with E-state index < -0.39 is 17.8 Å². The zero-order chi connectivity index (χ0) is 23.8. The number of halogens is 3. The van der Waals surface area contributed by atoms with Gasteiger partial charge < -0.3 is 15.4 Å². The molecular weight excluding hydrogens is 431 g/mol. The molecule has 2 N–H and O–H groups in total. The fourth-order valence-corrected chi connectivity index (χ4v) is 3.71. The molecule has 174 valence electrons. The van der Waals surface area contributed by atoms with Gasteiger partial charge in [-0.3, -0.25) is 4.79 Å². The summed E-state index contributed by atoms with van der Waals surface area (Å²) in [4.78, 5) is 16.6. The summed E-state index contributed by atoms with van der Waals surface area (Å²) in [6, 6.07) is 17.6. The lowest BCUT2D eigenvalue weighted by molar-refractivity contribution is -0.137. The average molecular weight is 457 g/mol. The summed E-state index contributed by atoms with van der Waals surface area (Å²) in [5.74, 6) is 0.0283. The number of rotatable bonds is 9. The van der Waals surface area contributed by atoms with E-state index in [2.05, 4.69) is 15.6 Å². The van der Waals surface area contributed by atoms with Gasteiger partial charge in [0.25, 0.3) is 0 Å². The first-order valence-corrected chi connectivity index (χ1v) is 10.5. The van der Waals surface area contributed by atoms with E-state index in [0.29, 0.717) is 18.8 Å². The van der Waals surface area contributed by atoms with E-state index in [0.717, 1.165) is 28.8 Å². The second-order valence-electron chi connectivity index (χ2n) is 7.50. The zero-order valence-corrected chi connectivity index (χ0v) is 18.4. The molecule has 33 heavy (non-hydrogen) atoms. The van der Waals surface area contributed by atoms with Gasteiger partial charge in [0.2, 0.25) is 11.8 Å². The Kier molecular flexibility index (Phi) is 8.06. The number of alkyl halides is 3. The highest BCUT2D eigenvalue weighted by Crippen LogP contribution is 2.33. The van der Waals surface area contributed by atoms with Crippen LogP contribution in [-0.2, 0) is 11.0 Å². The van der Waals surface area contributed by atoms with Crippen LogP contribution in [0.5, 0.6) is 5.88 Å². The van der Waals surface area contributed by atoms with E-state index in [1.165, 1.54) is 19.2 Å². The second-order valence-corrected chi connectivity index (χ2v) is 7.50. The van der Waals surface area contributed by atoms with Crippen molar-refractivity contribution < 1.29 is 22.7 Å². The number of nitrogens with zero attached hydrogens (tertiary/aromatic N) is 1. The molecule has 2 aromatic carbocycles. The molecule has 0 aliphatic rings. The van der Waals surface area contributed by atoms with E-state index >= 15 is 0 Å². The molecule has 0 saturated heterocycles. The third-order valence-electron chi connectivity index (χ3n) is 5.43. The molecule has 0 spiro atoms. The molecule has 0 saturated carbocycles. The van der Waals surface area contributed by atoms with E-state index in [-0.39, 0.29) is 11.8 Å². The first-order chi connectivity index (χ1) is 15.8. The molecular formula is C25H26F3N3O2. The molecule has 0 radical (unpaired) electrons. The molecule has 1 aromatic heterocycles. The molecule has 8 heteroatoms. The summed E-state index contributed by atoms with van der Waals surface area (Å²) in [5, 5.41) is 5.95. The molecule has 0 aliphatic carbocycles. The highest BCUT2D eigenvalue weighted by molar-refractivity contribution is 5.82. The van der Waals surface area contributed by atoms with Crippen molar-refractivity contribution in [3.63, 3.8) is 0 Å². The van der Waals surface area contributed by atoms with Gasteiger partial charge in [-0.2, -0.15) is 13.2 Å². The highest BCUT2D eigenvalue weighted by Gasteiger charge is 2.30. The predicted molar refractivity (Wildman–Crippen MR) is 120 cm³/mol. The largest absolute Gasteiger partial charge is 0.481 e. The second kappa shape index (κ2) is 11.0. The summed E-state index contributed by atoms with van der Waals surface area (Å²) in [5.41, 5.74) is 1.72. The van der Waals surface area contributed by atoms with Gasteiger partial charge in [-0.05, 0) is 47.9 Å². The Hall–Kier alpha value is -3.39. The van der Waals surface area contributed by atoms with E-state index in [1.807, 2.05) is 36.4 Å². The van der Waals surface area contributed by atoms with Crippen molar-refractivity contribution in [2.45, 2.75) is 24.6 Å². The summed E-state index contributed by atoms with van der Waals surface area (Å²) in [6.45, 7) is 0.448. The molecule has 3 aromatic rings. The van der Waals surface area contributed by atoms with Gasteiger partial charge in [-0.1, -0.05) is 42.5 Å². The van der Waals surface area contributed by atoms with Gasteiger partial charge in [-0.25, -0.2) is 4.98 Å². The van der Waals surface area contributed by atoms with Crippen molar-refractivity contribution >= 4 is 5.91 Å². The summed E-state index contributed by atoms with van der Waals surface area (Å²) in [6.07, 6.45) is -2.25. The first-order valence-electron chi connectivity index (χ1n) is 10.5. The smallest absolute Gasteiger partial charge is 0.416 e. The highest BCUT2D eigenvalue weighted by atomic mass is 19.4. The molecule has 5 nitrogen and oxygen atoms in total. The van der Waals surface area contributed by atoms with Gasteiger partial charge in [0, 0.05) is 25.2 Å². The fourth-order valence-electron chi connectivity index (χ4n) is 3.71. The SMILES string of the molecule is CNC(=O)[C@H](NCC[C@@H](c1ccc(C(F)(F)F)cc1)c1ccnc(OC)c1)c1ccccc1. The molecule has 1 amide bonds. The van der Waals surface area contributed by atoms with Gasteiger partial charge in [0.15, 0.2) is 0 Å². The Morgan fingerprint density at radius 2 is 1.70 bits per heavy atom. The van der Waals surface area contributed by atoms with Crippen LogP contribution in [0.1, 0.15) is 40.6 Å².